The Bertz CT molecular complexity index is 355. The fourth-order valence-corrected chi connectivity index (χ4v) is 2.24. The molecule has 0 aliphatic carbocycles. The van der Waals surface area contributed by atoms with Crippen LogP contribution in [0, 0.1) is 12.8 Å². The van der Waals surface area contributed by atoms with E-state index in [-0.39, 0.29) is 0 Å². The van der Waals surface area contributed by atoms with Crippen molar-refractivity contribution in [1.82, 2.24) is 14.7 Å². The Hall–Kier alpha value is -1.03. The molecule has 0 radical (unpaired) electrons. The van der Waals surface area contributed by atoms with E-state index in [1.807, 2.05) is 11.7 Å². The topological polar surface area (TPSA) is 33.1 Å². The van der Waals surface area contributed by atoms with E-state index in [4.69, 9.17) is 0 Å². The summed E-state index contributed by atoms with van der Waals surface area (Å²) in [6.07, 6.45) is 0. The fourth-order valence-electron chi connectivity index (χ4n) is 2.24. The molecule has 0 atom stereocenters. The van der Waals surface area contributed by atoms with Gasteiger partial charge in [0.2, 0.25) is 0 Å². The van der Waals surface area contributed by atoms with Crippen LogP contribution in [-0.2, 0) is 13.6 Å². The smallest absolute Gasteiger partial charge is 0.128 e. The summed E-state index contributed by atoms with van der Waals surface area (Å²) < 4.78 is 1.94. The molecule has 0 aliphatic heterocycles. The molecule has 0 saturated carbocycles. The number of hydrogen-bond acceptors (Lipinski definition) is 3. The molecule has 1 N–H and O–H groups in total. The SMILES string of the molecule is CCNc1c(CN(C)CC(C)C)c(C)nn1C. The summed E-state index contributed by atoms with van der Waals surface area (Å²) in [7, 11) is 4.17. The normalized spacial score (nSPS) is 11.5. The first-order chi connectivity index (χ1) is 7.95. The van der Waals surface area contributed by atoms with Crippen molar-refractivity contribution >= 4 is 5.82 Å². The summed E-state index contributed by atoms with van der Waals surface area (Å²) in [6, 6.07) is 0. The van der Waals surface area contributed by atoms with E-state index < -0.39 is 0 Å². The molecule has 4 nitrogen and oxygen atoms in total. The maximum absolute atomic E-state index is 4.49. The van der Waals surface area contributed by atoms with Crippen LogP contribution >= 0.6 is 0 Å². The molecule has 0 fully saturated rings. The molecule has 0 saturated heterocycles. The first-order valence-electron chi connectivity index (χ1n) is 6.40. The Labute approximate surface area is 105 Å². The van der Waals surface area contributed by atoms with Crippen LogP contribution in [0.1, 0.15) is 32.0 Å². The lowest BCUT2D eigenvalue weighted by atomic mass is 10.2. The van der Waals surface area contributed by atoms with Crippen LogP contribution in [0.25, 0.3) is 0 Å². The van der Waals surface area contributed by atoms with E-state index in [1.54, 1.807) is 0 Å². The maximum atomic E-state index is 4.49. The van der Waals surface area contributed by atoms with E-state index in [9.17, 15) is 0 Å². The lowest BCUT2D eigenvalue weighted by Crippen LogP contribution is -2.23. The van der Waals surface area contributed by atoms with Gasteiger partial charge in [-0.2, -0.15) is 5.10 Å². The molecule has 1 aromatic rings. The molecule has 1 rings (SSSR count). The van der Waals surface area contributed by atoms with Gasteiger partial charge in [0.05, 0.1) is 5.69 Å². The standard InChI is InChI=1S/C13H26N4/c1-7-14-13-12(11(4)15-17(13)6)9-16(5)8-10(2)3/h10,14H,7-9H2,1-6H3. The summed E-state index contributed by atoms with van der Waals surface area (Å²) in [5, 5.41) is 7.89. The largest absolute Gasteiger partial charge is 0.370 e. The van der Waals surface area contributed by atoms with Crippen molar-refractivity contribution < 1.29 is 0 Å². The van der Waals surface area contributed by atoms with Crippen molar-refractivity contribution in [2.45, 2.75) is 34.2 Å². The molecule has 17 heavy (non-hydrogen) atoms. The number of aryl methyl sites for hydroxylation is 2. The lowest BCUT2D eigenvalue weighted by Gasteiger charge is -2.19. The number of hydrogen-bond donors (Lipinski definition) is 1. The van der Waals surface area contributed by atoms with Gasteiger partial charge in [-0.1, -0.05) is 13.8 Å². The highest BCUT2D eigenvalue weighted by atomic mass is 15.3. The third kappa shape index (κ3) is 3.73. The minimum atomic E-state index is 0.694. The summed E-state index contributed by atoms with van der Waals surface area (Å²) in [5.74, 6) is 1.85. The Morgan fingerprint density at radius 1 is 1.41 bits per heavy atom. The second kappa shape index (κ2) is 6.05. The third-order valence-electron chi connectivity index (χ3n) is 2.80. The first-order valence-corrected chi connectivity index (χ1v) is 6.40. The zero-order valence-corrected chi connectivity index (χ0v) is 12.0. The summed E-state index contributed by atoms with van der Waals surface area (Å²) >= 11 is 0. The Balaban J connectivity index is 2.81. The van der Waals surface area contributed by atoms with Gasteiger partial charge in [0.1, 0.15) is 5.82 Å². The highest BCUT2D eigenvalue weighted by Gasteiger charge is 2.14. The van der Waals surface area contributed by atoms with Crippen molar-refractivity contribution in [3.8, 4) is 0 Å². The zero-order valence-electron chi connectivity index (χ0n) is 12.0. The molecule has 0 bridgehead atoms. The van der Waals surface area contributed by atoms with Gasteiger partial charge in [-0.3, -0.25) is 4.68 Å². The minimum absolute atomic E-state index is 0.694. The van der Waals surface area contributed by atoms with Gasteiger partial charge in [-0.15, -0.1) is 0 Å². The van der Waals surface area contributed by atoms with Crippen LogP contribution in [0.2, 0.25) is 0 Å². The van der Waals surface area contributed by atoms with Gasteiger partial charge in [0, 0.05) is 32.2 Å². The molecule has 0 unspecified atom stereocenters. The molecule has 1 aromatic heterocycles. The monoisotopic (exact) mass is 238 g/mol. The lowest BCUT2D eigenvalue weighted by molar-refractivity contribution is 0.288. The quantitative estimate of drug-likeness (QED) is 0.825. The Morgan fingerprint density at radius 2 is 2.06 bits per heavy atom. The van der Waals surface area contributed by atoms with Crippen molar-refractivity contribution in [2.75, 3.05) is 25.5 Å². The average molecular weight is 238 g/mol. The number of nitrogens with zero attached hydrogens (tertiary/aromatic N) is 3. The fraction of sp³-hybridized carbons (Fsp3) is 0.769. The van der Waals surface area contributed by atoms with Crippen molar-refractivity contribution in [1.29, 1.82) is 0 Å². The minimum Gasteiger partial charge on any atom is -0.370 e. The number of aromatic nitrogens is 2. The number of anilines is 1. The van der Waals surface area contributed by atoms with Crippen LogP contribution in [-0.4, -0.2) is 34.8 Å². The Kier molecular flexibility index (Phi) is 5.00. The van der Waals surface area contributed by atoms with Gasteiger partial charge in [0.25, 0.3) is 0 Å². The summed E-state index contributed by atoms with van der Waals surface area (Å²) in [6.45, 7) is 11.7. The van der Waals surface area contributed by atoms with E-state index in [0.717, 1.165) is 31.1 Å². The average Bonchev–Trinajstić information content (AvgIpc) is 2.44. The summed E-state index contributed by atoms with van der Waals surface area (Å²) in [4.78, 5) is 2.36. The van der Waals surface area contributed by atoms with Crippen LogP contribution in [0.3, 0.4) is 0 Å². The van der Waals surface area contributed by atoms with Crippen LogP contribution in [0.4, 0.5) is 5.82 Å². The molecular formula is C13H26N4. The van der Waals surface area contributed by atoms with E-state index in [1.165, 1.54) is 5.56 Å². The number of rotatable bonds is 6. The summed E-state index contributed by atoms with van der Waals surface area (Å²) in [5.41, 5.74) is 2.44. The van der Waals surface area contributed by atoms with Gasteiger partial charge < -0.3 is 10.2 Å². The van der Waals surface area contributed by atoms with Gasteiger partial charge in [-0.25, -0.2) is 0 Å². The number of nitrogens with one attached hydrogen (secondary N) is 1. The second-order valence-corrected chi connectivity index (χ2v) is 5.16. The third-order valence-corrected chi connectivity index (χ3v) is 2.80. The van der Waals surface area contributed by atoms with E-state index >= 15 is 0 Å². The van der Waals surface area contributed by atoms with Gasteiger partial charge in [-0.05, 0) is 26.8 Å². The highest BCUT2D eigenvalue weighted by molar-refractivity contribution is 5.47. The molecule has 98 valence electrons. The van der Waals surface area contributed by atoms with Crippen molar-refractivity contribution in [3.05, 3.63) is 11.3 Å². The zero-order chi connectivity index (χ0) is 13.0. The van der Waals surface area contributed by atoms with Gasteiger partial charge >= 0.3 is 0 Å². The molecule has 4 heteroatoms. The predicted octanol–water partition coefficient (Wildman–Crippen LogP) is 2.25. The maximum Gasteiger partial charge on any atom is 0.128 e. The molecular weight excluding hydrogens is 212 g/mol. The predicted molar refractivity (Wildman–Crippen MR) is 73.3 cm³/mol. The van der Waals surface area contributed by atoms with Gasteiger partial charge in [0.15, 0.2) is 0 Å². The Morgan fingerprint density at radius 3 is 2.59 bits per heavy atom. The first kappa shape index (κ1) is 14.0. The van der Waals surface area contributed by atoms with Crippen LogP contribution < -0.4 is 5.32 Å². The molecule has 0 aromatic carbocycles. The molecule has 0 spiro atoms. The van der Waals surface area contributed by atoms with Crippen LogP contribution in [0.15, 0.2) is 0 Å². The highest BCUT2D eigenvalue weighted by Crippen LogP contribution is 2.20. The second-order valence-electron chi connectivity index (χ2n) is 5.16. The van der Waals surface area contributed by atoms with Crippen LogP contribution in [0.5, 0.6) is 0 Å². The molecule has 1 heterocycles. The molecule has 0 amide bonds. The van der Waals surface area contributed by atoms with E-state index in [2.05, 4.69) is 50.1 Å². The van der Waals surface area contributed by atoms with Crippen molar-refractivity contribution in [2.24, 2.45) is 13.0 Å². The molecule has 0 aliphatic rings. The van der Waals surface area contributed by atoms with E-state index in [0.29, 0.717) is 5.92 Å². The van der Waals surface area contributed by atoms with Crippen molar-refractivity contribution in [3.63, 3.8) is 0 Å².